The highest BCUT2D eigenvalue weighted by atomic mass is 19.4. The Hall–Kier alpha value is -1.78. The minimum absolute atomic E-state index is 0.0784. The number of benzene rings is 1. The summed E-state index contributed by atoms with van der Waals surface area (Å²) in [7, 11) is 0. The molecule has 5 heteroatoms. The lowest BCUT2D eigenvalue weighted by atomic mass is 10.1. The summed E-state index contributed by atoms with van der Waals surface area (Å²) < 4.78 is 42.4. The molecule has 0 aliphatic carbocycles. The molecule has 0 unspecified atom stereocenters. The number of hydrogen-bond donors (Lipinski definition) is 0. The van der Waals surface area contributed by atoms with Crippen molar-refractivity contribution in [1.29, 1.82) is 0 Å². The van der Waals surface area contributed by atoms with E-state index < -0.39 is 17.7 Å². The van der Waals surface area contributed by atoms with Crippen molar-refractivity contribution in [2.45, 2.75) is 25.9 Å². The van der Waals surface area contributed by atoms with Gasteiger partial charge < -0.3 is 4.74 Å². The zero-order valence-corrected chi connectivity index (χ0v) is 10.5. The Morgan fingerprint density at radius 3 is 2.42 bits per heavy atom. The molecule has 0 N–H and O–H groups in total. The van der Waals surface area contributed by atoms with Gasteiger partial charge in [0.2, 0.25) is 0 Å². The molecule has 19 heavy (non-hydrogen) atoms. The van der Waals surface area contributed by atoms with E-state index in [-0.39, 0.29) is 13.0 Å². The van der Waals surface area contributed by atoms with Crippen LogP contribution in [0, 0.1) is 0 Å². The Kier molecular flexibility index (Phi) is 5.60. The maximum atomic E-state index is 12.7. The van der Waals surface area contributed by atoms with E-state index >= 15 is 0 Å². The standard InChI is InChI=1S/C14H15F3O2/c1-2-19-13(18)12(14(15,16)17)10-6-9-11-7-4-3-5-8-11/h3-5,7-8,10H,2,6,9H2,1H3/b12-10+. The smallest absolute Gasteiger partial charge is 0.423 e. The number of hydrogen-bond acceptors (Lipinski definition) is 2. The van der Waals surface area contributed by atoms with Gasteiger partial charge in [0.15, 0.2) is 0 Å². The predicted molar refractivity (Wildman–Crippen MR) is 65.5 cm³/mol. The molecule has 0 aliphatic heterocycles. The Morgan fingerprint density at radius 2 is 1.89 bits per heavy atom. The van der Waals surface area contributed by atoms with Crippen molar-refractivity contribution in [3.05, 3.63) is 47.5 Å². The second-order valence-corrected chi connectivity index (χ2v) is 3.86. The third-order valence-electron chi connectivity index (χ3n) is 2.43. The zero-order chi connectivity index (χ0) is 14.3. The number of aryl methyl sites for hydroxylation is 1. The molecular weight excluding hydrogens is 257 g/mol. The number of esters is 1. The van der Waals surface area contributed by atoms with Crippen LogP contribution in [0.1, 0.15) is 18.9 Å². The first-order valence-corrected chi connectivity index (χ1v) is 5.93. The molecule has 2 nitrogen and oxygen atoms in total. The summed E-state index contributed by atoms with van der Waals surface area (Å²) >= 11 is 0. The number of carbonyl (C=O) groups excluding carboxylic acids is 1. The van der Waals surface area contributed by atoms with E-state index in [0.717, 1.165) is 11.6 Å². The van der Waals surface area contributed by atoms with E-state index in [1.165, 1.54) is 6.92 Å². The van der Waals surface area contributed by atoms with Crippen molar-refractivity contribution in [3.63, 3.8) is 0 Å². The monoisotopic (exact) mass is 272 g/mol. The van der Waals surface area contributed by atoms with Gasteiger partial charge in [-0.3, -0.25) is 0 Å². The first-order valence-electron chi connectivity index (χ1n) is 5.93. The van der Waals surface area contributed by atoms with Crippen molar-refractivity contribution in [2.24, 2.45) is 0 Å². The van der Waals surface area contributed by atoms with Crippen LogP contribution in [0.4, 0.5) is 13.2 Å². The van der Waals surface area contributed by atoms with Crippen molar-refractivity contribution < 1.29 is 22.7 Å². The summed E-state index contributed by atoms with van der Waals surface area (Å²) in [6, 6.07) is 9.11. The Labute approximate surface area is 109 Å². The molecule has 0 spiro atoms. The van der Waals surface area contributed by atoms with Gasteiger partial charge in [0, 0.05) is 0 Å². The van der Waals surface area contributed by atoms with E-state index in [2.05, 4.69) is 4.74 Å². The number of allylic oxidation sites excluding steroid dienone is 1. The second kappa shape index (κ2) is 6.97. The lowest BCUT2D eigenvalue weighted by Gasteiger charge is -2.10. The molecule has 0 aromatic heterocycles. The molecule has 0 saturated heterocycles. The van der Waals surface area contributed by atoms with Gasteiger partial charge in [-0.05, 0) is 25.3 Å². The summed E-state index contributed by atoms with van der Waals surface area (Å²) in [4.78, 5) is 11.2. The van der Waals surface area contributed by atoms with Crippen molar-refractivity contribution >= 4 is 5.97 Å². The van der Waals surface area contributed by atoms with E-state index in [9.17, 15) is 18.0 Å². The molecular formula is C14H15F3O2. The van der Waals surface area contributed by atoms with Gasteiger partial charge in [0.25, 0.3) is 0 Å². The highest BCUT2D eigenvalue weighted by Gasteiger charge is 2.39. The minimum Gasteiger partial charge on any atom is -0.462 e. The van der Waals surface area contributed by atoms with Crippen LogP contribution in [0.25, 0.3) is 0 Å². The molecule has 1 rings (SSSR count). The average Bonchev–Trinajstić information content (AvgIpc) is 2.34. The molecule has 0 fully saturated rings. The third kappa shape index (κ3) is 5.16. The minimum atomic E-state index is -4.68. The first-order chi connectivity index (χ1) is 8.95. The van der Waals surface area contributed by atoms with E-state index in [4.69, 9.17) is 0 Å². The third-order valence-corrected chi connectivity index (χ3v) is 2.43. The van der Waals surface area contributed by atoms with Crippen molar-refractivity contribution in [1.82, 2.24) is 0 Å². The van der Waals surface area contributed by atoms with Crippen LogP contribution < -0.4 is 0 Å². The average molecular weight is 272 g/mol. The molecule has 0 amide bonds. The molecule has 0 aliphatic rings. The van der Waals surface area contributed by atoms with Gasteiger partial charge in [0.05, 0.1) is 6.61 Å². The van der Waals surface area contributed by atoms with Crippen LogP contribution in [0.15, 0.2) is 42.0 Å². The molecule has 1 aromatic carbocycles. The highest BCUT2D eigenvalue weighted by molar-refractivity contribution is 5.89. The van der Waals surface area contributed by atoms with Crippen molar-refractivity contribution in [2.75, 3.05) is 6.61 Å². The van der Waals surface area contributed by atoms with Crippen LogP contribution >= 0.6 is 0 Å². The SMILES string of the molecule is CCOC(=O)/C(=C\CCc1ccccc1)C(F)(F)F. The topological polar surface area (TPSA) is 26.3 Å². The predicted octanol–water partition coefficient (Wildman–Crippen LogP) is 3.67. The van der Waals surface area contributed by atoms with Gasteiger partial charge in [0.1, 0.15) is 5.57 Å². The van der Waals surface area contributed by atoms with Gasteiger partial charge in [-0.1, -0.05) is 36.4 Å². The molecule has 0 heterocycles. The van der Waals surface area contributed by atoms with E-state index in [0.29, 0.717) is 6.42 Å². The lowest BCUT2D eigenvalue weighted by molar-refractivity contribution is -0.150. The number of halogens is 3. The van der Waals surface area contributed by atoms with Crippen LogP contribution in [-0.2, 0) is 16.0 Å². The number of rotatable bonds is 5. The molecule has 0 radical (unpaired) electrons. The van der Waals surface area contributed by atoms with Gasteiger partial charge in [-0.2, -0.15) is 13.2 Å². The summed E-state index contributed by atoms with van der Waals surface area (Å²) in [5.74, 6) is -1.32. The summed E-state index contributed by atoms with van der Waals surface area (Å²) in [5.41, 5.74) is -0.311. The number of ether oxygens (including phenoxy) is 1. The Morgan fingerprint density at radius 1 is 1.26 bits per heavy atom. The second-order valence-electron chi connectivity index (χ2n) is 3.86. The lowest BCUT2D eigenvalue weighted by Crippen LogP contribution is -2.22. The Bertz CT molecular complexity index is 436. The fourth-order valence-corrected chi connectivity index (χ4v) is 1.55. The van der Waals surface area contributed by atoms with Gasteiger partial charge in [-0.25, -0.2) is 4.79 Å². The summed E-state index contributed by atoms with van der Waals surface area (Å²) in [6.45, 7) is 1.39. The molecule has 0 saturated carbocycles. The van der Waals surface area contributed by atoms with Crippen LogP contribution in [0.3, 0.4) is 0 Å². The summed E-state index contributed by atoms with van der Waals surface area (Å²) in [6.07, 6.45) is -3.20. The maximum absolute atomic E-state index is 12.7. The largest absolute Gasteiger partial charge is 0.462 e. The summed E-state index contributed by atoms with van der Waals surface area (Å²) in [5, 5.41) is 0. The highest BCUT2D eigenvalue weighted by Crippen LogP contribution is 2.27. The maximum Gasteiger partial charge on any atom is 0.423 e. The first kappa shape index (κ1) is 15.3. The van der Waals surface area contributed by atoms with E-state index in [1.54, 1.807) is 0 Å². The zero-order valence-electron chi connectivity index (χ0n) is 10.5. The Balaban J connectivity index is 2.70. The quantitative estimate of drug-likeness (QED) is 0.604. The van der Waals surface area contributed by atoms with Crippen LogP contribution in [0.5, 0.6) is 0 Å². The molecule has 1 aromatic rings. The van der Waals surface area contributed by atoms with Crippen LogP contribution in [0.2, 0.25) is 0 Å². The normalized spacial score (nSPS) is 12.3. The number of alkyl halides is 3. The number of carbonyl (C=O) groups is 1. The van der Waals surface area contributed by atoms with Gasteiger partial charge >= 0.3 is 12.1 Å². The van der Waals surface area contributed by atoms with Crippen molar-refractivity contribution in [3.8, 4) is 0 Å². The van der Waals surface area contributed by atoms with Crippen LogP contribution in [-0.4, -0.2) is 18.8 Å². The fraction of sp³-hybridized carbons (Fsp3) is 0.357. The fourth-order valence-electron chi connectivity index (χ4n) is 1.55. The van der Waals surface area contributed by atoms with Gasteiger partial charge in [-0.15, -0.1) is 0 Å². The van der Waals surface area contributed by atoms with E-state index in [1.807, 2.05) is 30.3 Å². The molecule has 0 atom stereocenters. The molecule has 104 valence electrons. The molecule has 0 bridgehead atoms.